The maximum atomic E-state index is 5.87. The van der Waals surface area contributed by atoms with Crippen molar-refractivity contribution >= 4 is 78.9 Å². The van der Waals surface area contributed by atoms with Gasteiger partial charge in [0.05, 0.1) is 22.6 Å². The zero-order valence-corrected chi connectivity index (χ0v) is 34.8. The molecule has 0 N–H and O–H groups in total. The summed E-state index contributed by atoms with van der Waals surface area (Å²) in [6.45, 7) is 7.16. The van der Waals surface area contributed by atoms with Gasteiger partial charge < -0.3 is 9.80 Å². The first-order valence-corrected chi connectivity index (χ1v) is 22.1. The molecular weight excluding hydrogens is 737 g/mol. The SMILES string of the molecule is CCCCc1nc2c3c4c(cc2c2ccccc12)N1c2ccccc2C(C)(c2ccccc2)c2cccc(c21)B4c1cccc2c1N3c1ccccc1C2(C)c1ccccc1. The third-order valence-corrected chi connectivity index (χ3v) is 14.9. The molecule has 3 nitrogen and oxygen atoms in total. The maximum Gasteiger partial charge on any atom is 0.252 e. The highest BCUT2D eigenvalue weighted by atomic mass is 15.2. The molecule has 0 saturated heterocycles. The Hall–Kier alpha value is -6.91. The van der Waals surface area contributed by atoms with E-state index in [9.17, 15) is 0 Å². The molecule has 290 valence electrons. The first-order chi connectivity index (χ1) is 30.0. The number of benzene rings is 8. The van der Waals surface area contributed by atoms with E-state index in [2.05, 4.69) is 206 Å². The maximum absolute atomic E-state index is 5.87. The van der Waals surface area contributed by atoms with Gasteiger partial charge in [-0.2, -0.15) is 0 Å². The number of aromatic nitrogens is 1. The van der Waals surface area contributed by atoms with E-state index in [4.69, 9.17) is 4.98 Å². The summed E-state index contributed by atoms with van der Waals surface area (Å²) in [6, 6.07) is 66.5. The molecule has 0 bridgehead atoms. The molecule has 0 fully saturated rings. The number of aryl methyl sites for hydroxylation is 1. The first-order valence-electron chi connectivity index (χ1n) is 22.1. The number of unbranched alkanes of at least 4 members (excludes halogenated alkanes) is 1. The number of anilines is 6. The highest BCUT2D eigenvalue weighted by Crippen LogP contribution is 2.60. The predicted molar refractivity (Wildman–Crippen MR) is 256 cm³/mol. The normalized spacial score (nSPS) is 18.6. The fourth-order valence-corrected chi connectivity index (χ4v) is 12.1. The van der Waals surface area contributed by atoms with Crippen LogP contribution in [0, 0.1) is 0 Å². The van der Waals surface area contributed by atoms with Crippen LogP contribution in [0.3, 0.4) is 0 Å². The lowest BCUT2D eigenvalue weighted by atomic mass is 9.32. The van der Waals surface area contributed by atoms with E-state index in [0.29, 0.717) is 0 Å². The number of pyridine rings is 1. The molecule has 61 heavy (non-hydrogen) atoms. The van der Waals surface area contributed by atoms with Crippen molar-refractivity contribution in [1.29, 1.82) is 0 Å². The van der Waals surface area contributed by atoms with Crippen molar-refractivity contribution in [2.75, 3.05) is 9.80 Å². The number of hydrogen-bond acceptors (Lipinski definition) is 3. The van der Waals surface area contributed by atoms with Crippen molar-refractivity contribution < 1.29 is 0 Å². The molecular formula is C57H44BN3. The van der Waals surface area contributed by atoms with Gasteiger partial charge in [-0.15, -0.1) is 0 Å². The van der Waals surface area contributed by atoms with E-state index in [1.54, 1.807) is 0 Å². The van der Waals surface area contributed by atoms with Gasteiger partial charge in [0.25, 0.3) is 6.71 Å². The number of fused-ring (bicyclic) bond motifs is 12. The highest BCUT2D eigenvalue weighted by Gasteiger charge is 2.53. The molecule has 8 aromatic carbocycles. The average molecular weight is 782 g/mol. The molecule has 0 amide bonds. The minimum atomic E-state index is -0.390. The molecule has 1 aromatic heterocycles. The van der Waals surface area contributed by atoms with E-state index >= 15 is 0 Å². The van der Waals surface area contributed by atoms with Crippen LogP contribution in [0.4, 0.5) is 34.1 Å². The molecule has 4 aliphatic heterocycles. The molecule has 5 heterocycles. The van der Waals surface area contributed by atoms with Crippen molar-refractivity contribution in [3.8, 4) is 0 Å². The monoisotopic (exact) mass is 781 g/mol. The Kier molecular flexibility index (Phi) is 7.19. The van der Waals surface area contributed by atoms with Gasteiger partial charge >= 0.3 is 0 Å². The zero-order chi connectivity index (χ0) is 40.6. The van der Waals surface area contributed by atoms with Crippen LogP contribution >= 0.6 is 0 Å². The summed E-state index contributed by atoms with van der Waals surface area (Å²) in [5.41, 5.74) is 21.0. The standard InChI is InChI=1S/C57H44BN3/c1-4-5-32-47-39-25-13-12-24-38(39)40-35-50-51-55(52(40)59-47)61-49-34-17-15-27-42(49)57(3,37-22-10-7-11-23-37)44-29-19-31-46(54(44)61)58(51)45-30-18-28-43-53(45)60(50)48-33-16-14-26-41(48)56(43,2)36-20-8-6-9-21-36/h6-31,33-35H,4-5,32H2,1-3H3. The Morgan fingerprint density at radius 2 is 0.984 bits per heavy atom. The molecule has 4 aliphatic rings. The lowest BCUT2D eigenvalue weighted by molar-refractivity contribution is 0.681. The molecule has 0 spiro atoms. The minimum absolute atomic E-state index is 0.0188. The van der Waals surface area contributed by atoms with E-state index < -0.39 is 5.41 Å². The van der Waals surface area contributed by atoms with Crippen LogP contribution in [0.25, 0.3) is 21.7 Å². The van der Waals surface area contributed by atoms with Crippen LogP contribution in [0.5, 0.6) is 0 Å². The Bertz CT molecular complexity index is 3290. The van der Waals surface area contributed by atoms with Gasteiger partial charge in [-0.25, -0.2) is 4.98 Å². The fraction of sp³-hybridized carbons (Fsp3) is 0.140. The van der Waals surface area contributed by atoms with Crippen molar-refractivity contribution in [2.24, 2.45) is 0 Å². The molecule has 9 aromatic rings. The quantitative estimate of drug-likeness (QED) is 0.128. The van der Waals surface area contributed by atoms with E-state index in [0.717, 1.165) is 24.8 Å². The van der Waals surface area contributed by atoms with Gasteiger partial charge in [0.1, 0.15) is 0 Å². The first kappa shape index (κ1) is 34.9. The Labute approximate surface area is 358 Å². The summed E-state index contributed by atoms with van der Waals surface area (Å²) in [7, 11) is 0. The van der Waals surface area contributed by atoms with Crippen LogP contribution in [0.1, 0.15) is 72.7 Å². The summed E-state index contributed by atoms with van der Waals surface area (Å²) in [5, 5.41) is 3.73. The largest absolute Gasteiger partial charge is 0.311 e. The second-order valence-electron chi connectivity index (χ2n) is 17.9. The minimum Gasteiger partial charge on any atom is -0.311 e. The van der Waals surface area contributed by atoms with Crippen molar-refractivity contribution in [1.82, 2.24) is 4.98 Å². The van der Waals surface area contributed by atoms with Crippen LogP contribution < -0.4 is 26.2 Å². The van der Waals surface area contributed by atoms with Crippen LogP contribution in [0.15, 0.2) is 176 Å². The van der Waals surface area contributed by atoms with Crippen LogP contribution in [0.2, 0.25) is 0 Å². The summed E-state index contributed by atoms with van der Waals surface area (Å²) in [4.78, 5) is 11.1. The zero-order valence-electron chi connectivity index (χ0n) is 34.8. The van der Waals surface area contributed by atoms with Crippen molar-refractivity contribution in [3.63, 3.8) is 0 Å². The summed E-state index contributed by atoms with van der Waals surface area (Å²) in [6.07, 6.45) is 3.17. The van der Waals surface area contributed by atoms with Gasteiger partial charge in [-0.3, -0.25) is 0 Å². The number of nitrogens with zero attached hydrogens (tertiary/aromatic N) is 3. The number of hydrogen-bond donors (Lipinski definition) is 0. The van der Waals surface area contributed by atoms with Crippen molar-refractivity contribution in [3.05, 3.63) is 215 Å². The third-order valence-electron chi connectivity index (χ3n) is 14.9. The Morgan fingerprint density at radius 3 is 1.59 bits per heavy atom. The van der Waals surface area contributed by atoms with Crippen LogP contribution in [-0.2, 0) is 17.3 Å². The summed E-state index contributed by atoms with van der Waals surface area (Å²) >= 11 is 0. The topological polar surface area (TPSA) is 19.4 Å². The second-order valence-corrected chi connectivity index (χ2v) is 17.9. The van der Waals surface area contributed by atoms with Gasteiger partial charge in [-0.05, 0) is 100 Å². The van der Waals surface area contributed by atoms with Crippen molar-refractivity contribution in [2.45, 2.75) is 50.9 Å². The summed E-state index contributed by atoms with van der Waals surface area (Å²) in [5.74, 6) is 0. The second kappa shape index (κ2) is 12.6. The summed E-state index contributed by atoms with van der Waals surface area (Å²) < 4.78 is 0. The molecule has 2 unspecified atom stereocenters. The van der Waals surface area contributed by atoms with Crippen LogP contribution in [-0.4, -0.2) is 11.7 Å². The number of rotatable bonds is 5. The smallest absolute Gasteiger partial charge is 0.252 e. The van der Waals surface area contributed by atoms with Gasteiger partial charge in [0, 0.05) is 44.4 Å². The Balaban J connectivity index is 1.23. The lowest BCUT2D eigenvalue weighted by Gasteiger charge is -2.52. The molecule has 4 heteroatoms. The molecule has 2 atom stereocenters. The van der Waals surface area contributed by atoms with Gasteiger partial charge in [0.2, 0.25) is 0 Å². The number of para-hydroxylation sites is 4. The average Bonchev–Trinajstić information content (AvgIpc) is 3.32. The molecule has 0 saturated carbocycles. The van der Waals surface area contributed by atoms with E-state index in [-0.39, 0.29) is 12.1 Å². The van der Waals surface area contributed by atoms with Gasteiger partial charge in [0.15, 0.2) is 0 Å². The third kappa shape index (κ3) is 4.37. The Morgan fingerprint density at radius 1 is 0.475 bits per heavy atom. The van der Waals surface area contributed by atoms with E-state index in [1.165, 1.54) is 106 Å². The highest BCUT2D eigenvalue weighted by molar-refractivity contribution is 7.00. The van der Waals surface area contributed by atoms with E-state index in [1.807, 2.05) is 0 Å². The molecule has 13 rings (SSSR count). The molecule has 0 radical (unpaired) electrons. The lowest BCUT2D eigenvalue weighted by Crippen LogP contribution is -2.63. The molecule has 0 aliphatic carbocycles. The fourth-order valence-electron chi connectivity index (χ4n) is 12.1. The predicted octanol–water partition coefficient (Wildman–Crippen LogP) is 12.1. The van der Waals surface area contributed by atoms with Gasteiger partial charge in [-0.1, -0.05) is 171 Å².